The number of carbonyl (C=O) groups is 1. The highest BCUT2D eigenvalue weighted by atomic mass is 28.4. The standard InChI is InChI=1S/C14H24N2O5Si/c1-14(2,3)22(4,5)21-8-6-7-15-10-11(16(19)20)9-12(15)13(17)18/h9-10H,6-8H2,1-5H3,(H,17,18). The molecule has 0 unspecified atom stereocenters. The maximum atomic E-state index is 11.1. The van der Waals surface area contributed by atoms with E-state index in [9.17, 15) is 14.9 Å². The molecule has 1 N–H and O–H groups in total. The zero-order valence-corrected chi connectivity index (χ0v) is 14.8. The normalized spacial score (nSPS) is 12.4. The van der Waals surface area contributed by atoms with Crippen molar-refractivity contribution in [1.82, 2.24) is 4.57 Å². The van der Waals surface area contributed by atoms with Crippen LogP contribution in [-0.2, 0) is 11.0 Å². The van der Waals surface area contributed by atoms with Crippen LogP contribution in [0.4, 0.5) is 5.69 Å². The third-order valence-electron chi connectivity index (χ3n) is 4.12. The van der Waals surface area contributed by atoms with Crippen molar-refractivity contribution in [2.45, 2.75) is 51.9 Å². The minimum absolute atomic E-state index is 0.0703. The van der Waals surface area contributed by atoms with Gasteiger partial charge in [0.05, 0.1) is 11.1 Å². The number of hydrogen-bond acceptors (Lipinski definition) is 4. The smallest absolute Gasteiger partial charge is 0.352 e. The molecule has 0 saturated carbocycles. The molecular weight excluding hydrogens is 304 g/mol. The molecule has 0 amide bonds. The topological polar surface area (TPSA) is 94.6 Å². The Labute approximate surface area is 131 Å². The van der Waals surface area contributed by atoms with Gasteiger partial charge in [0.1, 0.15) is 5.69 Å². The first-order valence-corrected chi connectivity index (χ1v) is 10.1. The van der Waals surface area contributed by atoms with Crippen LogP contribution >= 0.6 is 0 Å². The first-order chi connectivity index (χ1) is 9.95. The summed E-state index contributed by atoms with van der Waals surface area (Å²) in [6.07, 6.45) is 1.87. The van der Waals surface area contributed by atoms with E-state index in [1.807, 2.05) is 0 Å². The Hall–Kier alpha value is -1.67. The second kappa shape index (κ2) is 6.61. The van der Waals surface area contributed by atoms with Crippen LogP contribution in [0.1, 0.15) is 37.7 Å². The number of nitro groups is 1. The average Bonchev–Trinajstić information content (AvgIpc) is 2.77. The molecule has 1 aromatic heterocycles. The molecule has 0 aromatic carbocycles. The summed E-state index contributed by atoms with van der Waals surface area (Å²) in [5.74, 6) is -1.17. The molecule has 0 aliphatic carbocycles. The highest BCUT2D eigenvalue weighted by Gasteiger charge is 2.36. The molecule has 8 heteroatoms. The highest BCUT2D eigenvalue weighted by Crippen LogP contribution is 2.36. The van der Waals surface area contributed by atoms with Gasteiger partial charge in [0, 0.05) is 19.2 Å². The molecule has 0 atom stereocenters. The lowest BCUT2D eigenvalue weighted by Crippen LogP contribution is -2.41. The molecule has 0 aliphatic heterocycles. The van der Waals surface area contributed by atoms with Gasteiger partial charge in [-0.25, -0.2) is 4.79 Å². The van der Waals surface area contributed by atoms with Crippen molar-refractivity contribution in [2.24, 2.45) is 0 Å². The van der Waals surface area contributed by atoms with Crippen LogP contribution in [0.15, 0.2) is 12.3 Å². The van der Waals surface area contributed by atoms with Gasteiger partial charge in [-0.1, -0.05) is 20.8 Å². The highest BCUT2D eigenvalue weighted by molar-refractivity contribution is 6.74. The van der Waals surface area contributed by atoms with Crippen molar-refractivity contribution in [3.05, 3.63) is 28.1 Å². The predicted octanol–water partition coefficient (Wildman–Crippen LogP) is 3.51. The van der Waals surface area contributed by atoms with Crippen LogP contribution in [0.25, 0.3) is 0 Å². The van der Waals surface area contributed by atoms with Gasteiger partial charge in [0.25, 0.3) is 5.69 Å². The first kappa shape index (κ1) is 18.4. The van der Waals surface area contributed by atoms with Gasteiger partial charge >= 0.3 is 5.97 Å². The molecule has 0 aliphatic rings. The number of nitrogens with zero attached hydrogens (tertiary/aromatic N) is 2. The second-order valence-corrected chi connectivity index (χ2v) is 11.6. The zero-order chi connectivity index (χ0) is 17.1. The van der Waals surface area contributed by atoms with Crippen LogP contribution in [0, 0.1) is 10.1 Å². The van der Waals surface area contributed by atoms with E-state index >= 15 is 0 Å². The molecule has 124 valence electrons. The Bertz CT molecular complexity index is 560. The lowest BCUT2D eigenvalue weighted by atomic mass is 10.2. The van der Waals surface area contributed by atoms with Crippen molar-refractivity contribution in [1.29, 1.82) is 0 Å². The number of hydrogen-bond donors (Lipinski definition) is 1. The monoisotopic (exact) mass is 328 g/mol. The molecule has 0 saturated heterocycles. The Morgan fingerprint density at radius 2 is 2.05 bits per heavy atom. The number of aromatic nitrogens is 1. The maximum absolute atomic E-state index is 11.1. The van der Waals surface area contributed by atoms with Crippen molar-refractivity contribution in [3.63, 3.8) is 0 Å². The number of aryl methyl sites for hydroxylation is 1. The van der Waals surface area contributed by atoms with Crippen LogP contribution in [0.5, 0.6) is 0 Å². The number of aromatic carboxylic acids is 1. The summed E-state index contributed by atoms with van der Waals surface area (Å²) in [5.41, 5.74) is -0.276. The Kier molecular flexibility index (Phi) is 5.53. The SMILES string of the molecule is CC(C)(C)[Si](C)(C)OCCCn1cc([N+](=O)[O-])cc1C(=O)O. The quantitative estimate of drug-likeness (QED) is 0.358. The average molecular weight is 328 g/mol. The summed E-state index contributed by atoms with van der Waals surface area (Å²) >= 11 is 0. The van der Waals surface area contributed by atoms with Gasteiger partial charge in [-0.2, -0.15) is 0 Å². The lowest BCUT2D eigenvalue weighted by molar-refractivity contribution is -0.384. The molecule has 0 spiro atoms. The van der Waals surface area contributed by atoms with Gasteiger partial charge in [-0.3, -0.25) is 10.1 Å². The summed E-state index contributed by atoms with van der Waals surface area (Å²) in [7, 11) is -1.82. The molecule has 1 aromatic rings. The number of carboxylic acid groups (broad SMARTS) is 1. The summed E-state index contributed by atoms with van der Waals surface area (Å²) < 4.78 is 7.41. The third-order valence-corrected chi connectivity index (χ3v) is 8.66. The Balaban J connectivity index is 2.66. The molecule has 0 radical (unpaired) electrons. The fourth-order valence-electron chi connectivity index (χ4n) is 1.74. The molecule has 0 fully saturated rings. The summed E-state index contributed by atoms with van der Waals surface area (Å²) in [6.45, 7) is 11.6. The van der Waals surface area contributed by atoms with Crippen LogP contribution in [-0.4, -0.2) is 35.5 Å². The van der Waals surface area contributed by atoms with Gasteiger partial charge in [0.2, 0.25) is 0 Å². The van der Waals surface area contributed by atoms with E-state index in [2.05, 4.69) is 33.9 Å². The second-order valence-electron chi connectivity index (χ2n) is 6.80. The van der Waals surface area contributed by atoms with Crippen LogP contribution in [0.2, 0.25) is 18.1 Å². The van der Waals surface area contributed by atoms with Gasteiger partial charge in [-0.05, 0) is 24.6 Å². The van der Waals surface area contributed by atoms with E-state index in [-0.39, 0.29) is 16.4 Å². The summed E-state index contributed by atoms with van der Waals surface area (Å²) in [5, 5.41) is 19.9. The molecule has 1 rings (SSSR count). The first-order valence-electron chi connectivity index (χ1n) is 7.17. The van der Waals surface area contributed by atoms with E-state index in [1.165, 1.54) is 10.8 Å². The third kappa shape index (κ3) is 4.41. The van der Waals surface area contributed by atoms with E-state index in [4.69, 9.17) is 9.53 Å². The lowest BCUT2D eigenvalue weighted by Gasteiger charge is -2.36. The molecule has 0 bridgehead atoms. The van der Waals surface area contributed by atoms with Crippen molar-refractivity contribution >= 4 is 20.0 Å². The molecular formula is C14H24N2O5Si. The zero-order valence-electron chi connectivity index (χ0n) is 13.8. The fraction of sp³-hybridized carbons (Fsp3) is 0.643. The van der Waals surface area contributed by atoms with Crippen LogP contribution < -0.4 is 0 Å². The van der Waals surface area contributed by atoms with Crippen molar-refractivity contribution < 1.29 is 19.3 Å². The maximum Gasteiger partial charge on any atom is 0.352 e. The fourth-order valence-corrected chi connectivity index (χ4v) is 2.83. The summed E-state index contributed by atoms with van der Waals surface area (Å²) in [4.78, 5) is 21.3. The van der Waals surface area contributed by atoms with Crippen molar-refractivity contribution in [3.8, 4) is 0 Å². The number of rotatable bonds is 7. The molecule has 22 heavy (non-hydrogen) atoms. The van der Waals surface area contributed by atoms with E-state index in [0.717, 1.165) is 6.07 Å². The Morgan fingerprint density at radius 3 is 2.50 bits per heavy atom. The Morgan fingerprint density at radius 1 is 1.45 bits per heavy atom. The van der Waals surface area contributed by atoms with Crippen molar-refractivity contribution in [2.75, 3.05) is 6.61 Å². The molecule has 1 heterocycles. The predicted molar refractivity (Wildman–Crippen MR) is 85.8 cm³/mol. The van der Waals surface area contributed by atoms with Crippen LogP contribution in [0.3, 0.4) is 0 Å². The van der Waals surface area contributed by atoms with Gasteiger partial charge < -0.3 is 14.1 Å². The largest absolute Gasteiger partial charge is 0.477 e. The van der Waals surface area contributed by atoms with E-state index in [0.29, 0.717) is 19.6 Å². The summed E-state index contributed by atoms with van der Waals surface area (Å²) in [6, 6.07) is 1.08. The minimum atomic E-state index is -1.82. The van der Waals surface area contributed by atoms with Gasteiger partial charge in [-0.15, -0.1) is 0 Å². The number of carboxylic acids is 1. The van der Waals surface area contributed by atoms with E-state index < -0.39 is 19.2 Å². The van der Waals surface area contributed by atoms with Gasteiger partial charge in [0.15, 0.2) is 8.32 Å². The van der Waals surface area contributed by atoms with E-state index in [1.54, 1.807) is 0 Å². The molecule has 7 nitrogen and oxygen atoms in total. The minimum Gasteiger partial charge on any atom is -0.477 e.